The maximum atomic E-state index is 12.2. The van der Waals surface area contributed by atoms with Gasteiger partial charge in [-0.25, -0.2) is 13.6 Å². The zero-order valence-electron chi connectivity index (χ0n) is 13.1. The van der Waals surface area contributed by atoms with Crippen molar-refractivity contribution in [2.75, 3.05) is 0 Å². The Morgan fingerprint density at radius 2 is 1.64 bits per heavy atom. The Bertz CT molecular complexity index is 837. The molecule has 1 unspecified atom stereocenters. The molecule has 0 radical (unpaired) electrons. The fourth-order valence-corrected chi connectivity index (χ4v) is 2.61. The number of carbonyl (C=O) groups excluding carboxylic acids is 1. The molecule has 0 aromatic heterocycles. The predicted molar refractivity (Wildman–Crippen MR) is 86.8 cm³/mol. The van der Waals surface area contributed by atoms with E-state index in [0.29, 0.717) is 5.56 Å². The van der Waals surface area contributed by atoms with Crippen molar-refractivity contribution in [3.05, 3.63) is 59.7 Å². The van der Waals surface area contributed by atoms with E-state index in [9.17, 15) is 22.0 Å². The van der Waals surface area contributed by atoms with Gasteiger partial charge >= 0.3 is 6.61 Å². The van der Waals surface area contributed by atoms with Crippen molar-refractivity contribution >= 4 is 15.9 Å². The first-order valence-electron chi connectivity index (χ1n) is 7.15. The molecule has 0 heterocycles. The van der Waals surface area contributed by atoms with Gasteiger partial charge in [0.05, 0.1) is 10.9 Å². The molecule has 2 aromatic carbocycles. The lowest BCUT2D eigenvalue weighted by Gasteiger charge is -2.15. The van der Waals surface area contributed by atoms with Crippen molar-refractivity contribution < 1.29 is 26.7 Å². The number of nitrogens with two attached hydrogens (primary N) is 1. The molecule has 0 aliphatic rings. The van der Waals surface area contributed by atoms with Crippen LogP contribution < -0.4 is 15.2 Å². The van der Waals surface area contributed by atoms with Crippen LogP contribution in [0.2, 0.25) is 0 Å². The van der Waals surface area contributed by atoms with Crippen LogP contribution in [0, 0.1) is 0 Å². The quantitative estimate of drug-likeness (QED) is 0.816. The minimum atomic E-state index is -3.78. The fourth-order valence-electron chi connectivity index (χ4n) is 2.10. The van der Waals surface area contributed by atoms with E-state index in [2.05, 4.69) is 10.1 Å². The maximum Gasteiger partial charge on any atom is 0.387 e. The third-order valence-electron chi connectivity index (χ3n) is 3.40. The summed E-state index contributed by atoms with van der Waals surface area (Å²) in [5.74, 6) is -0.454. The molecular formula is C16H16F2N2O4S. The van der Waals surface area contributed by atoms with Crippen LogP contribution in [0.1, 0.15) is 28.9 Å². The number of ether oxygens (including phenoxy) is 1. The van der Waals surface area contributed by atoms with Crippen LogP contribution in [0.4, 0.5) is 8.78 Å². The molecule has 0 saturated carbocycles. The van der Waals surface area contributed by atoms with Crippen molar-refractivity contribution in [3.8, 4) is 5.75 Å². The number of hydrogen-bond donors (Lipinski definition) is 2. The van der Waals surface area contributed by atoms with Crippen molar-refractivity contribution in [3.63, 3.8) is 0 Å². The minimum absolute atomic E-state index is 0.0237. The number of amides is 1. The van der Waals surface area contributed by atoms with Gasteiger partial charge in [-0.2, -0.15) is 8.78 Å². The lowest BCUT2D eigenvalue weighted by Crippen LogP contribution is -2.26. The molecule has 1 amide bonds. The molecule has 6 nitrogen and oxygen atoms in total. The zero-order valence-corrected chi connectivity index (χ0v) is 14.0. The molecule has 2 aromatic rings. The molecule has 1 atom stereocenters. The van der Waals surface area contributed by atoms with E-state index in [-0.39, 0.29) is 16.2 Å². The summed E-state index contributed by atoms with van der Waals surface area (Å²) >= 11 is 0. The summed E-state index contributed by atoms with van der Waals surface area (Å²) in [4.78, 5) is 12.1. The van der Waals surface area contributed by atoms with Crippen molar-refractivity contribution in [2.24, 2.45) is 5.14 Å². The average molecular weight is 370 g/mol. The summed E-state index contributed by atoms with van der Waals surface area (Å²) in [6, 6.07) is 10.7. The molecule has 0 fully saturated rings. The molecule has 0 spiro atoms. The molecule has 2 rings (SSSR count). The number of alkyl halides is 2. The van der Waals surface area contributed by atoms with Crippen LogP contribution in [-0.4, -0.2) is 20.9 Å². The highest BCUT2D eigenvalue weighted by Gasteiger charge is 2.14. The fraction of sp³-hybridized carbons (Fsp3) is 0.188. The van der Waals surface area contributed by atoms with Gasteiger partial charge in [-0.05, 0) is 48.9 Å². The molecule has 9 heteroatoms. The van der Waals surface area contributed by atoms with Crippen LogP contribution in [0.25, 0.3) is 0 Å². The largest absolute Gasteiger partial charge is 0.435 e. The SMILES string of the molecule is CC(NC(=O)c1ccc(OC(F)F)cc1)c1ccc(S(N)(=O)=O)cc1. The number of benzene rings is 2. The molecule has 0 aliphatic carbocycles. The van der Waals surface area contributed by atoms with E-state index >= 15 is 0 Å². The number of sulfonamides is 1. The van der Waals surface area contributed by atoms with E-state index in [1.54, 1.807) is 19.1 Å². The topological polar surface area (TPSA) is 98.5 Å². The number of rotatable bonds is 6. The van der Waals surface area contributed by atoms with Crippen LogP contribution in [0.15, 0.2) is 53.4 Å². The summed E-state index contributed by atoms with van der Waals surface area (Å²) in [6.07, 6.45) is 0. The Balaban J connectivity index is 2.04. The van der Waals surface area contributed by atoms with Crippen LogP contribution in [0.3, 0.4) is 0 Å². The normalized spacial score (nSPS) is 12.7. The molecule has 3 N–H and O–H groups in total. The van der Waals surface area contributed by atoms with Crippen LogP contribution in [0.5, 0.6) is 5.75 Å². The van der Waals surface area contributed by atoms with E-state index in [1.807, 2.05) is 0 Å². The molecule has 134 valence electrons. The van der Waals surface area contributed by atoms with Gasteiger partial charge in [-0.3, -0.25) is 4.79 Å². The van der Waals surface area contributed by atoms with Gasteiger partial charge in [0.15, 0.2) is 0 Å². The Hall–Kier alpha value is -2.52. The van der Waals surface area contributed by atoms with Crippen LogP contribution in [-0.2, 0) is 10.0 Å². The van der Waals surface area contributed by atoms with E-state index in [1.165, 1.54) is 36.4 Å². The van der Waals surface area contributed by atoms with Crippen molar-refractivity contribution in [1.82, 2.24) is 5.32 Å². The Morgan fingerprint density at radius 3 is 2.12 bits per heavy atom. The highest BCUT2D eigenvalue weighted by molar-refractivity contribution is 7.89. The zero-order chi connectivity index (χ0) is 18.6. The number of nitrogens with one attached hydrogen (secondary N) is 1. The van der Waals surface area contributed by atoms with Gasteiger partial charge in [0, 0.05) is 5.56 Å². The first-order chi connectivity index (χ1) is 11.7. The third-order valence-corrected chi connectivity index (χ3v) is 4.33. The van der Waals surface area contributed by atoms with Gasteiger partial charge in [0.25, 0.3) is 5.91 Å². The van der Waals surface area contributed by atoms with Gasteiger partial charge < -0.3 is 10.1 Å². The van der Waals surface area contributed by atoms with Gasteiger partial charge in [-0.1, -0.05) is 12.1 Å². The van der Waals surface area contributed by atoms with E-state index in [4.69, 9.17) is 5.14 Å². The Morgan fingerprint density at radius 1 is 1.08 bits per heavy atom. The van der Waals surface area contributed by atoms with Crippen molar-refractivity contribution in [1.29, 1.82) is 0 Å². The number of hydrogen-bond acceptors (Lipinski definition) is 4. The predicted octanol–water partition coefficient (Wildman–Crippen LogP) is 2.43. The second-order valence-corrected chi connectivity index (χ2v) is 6.77. The van der Waals surface area contributed by atoms with Gasteiger partial charge in [0.1, 0.15) is 5.75 Å². The Labute approximate surface area is 143 Å². The molecule has 0 aliphatic heterocycles. The maximum absolute atomic E-state index is 12.2. The smallest absolute Gasteiger partial charge is 0.387 e. The summed E-state index contributed by atoms with van der Waals surface area (Å²) < 4.78 is 50.8. The average Bonchev–Trinajstić information content (AvgIpc) is 2.54. The number of primary sulfonamides is 1. The number of halogens is 2. The molecule has 25 heavy (non-hydrogen) atoms. The highest BCUT2D eigenvalue weighted by Crippen LogP contribution is 2.18. The first kappa shape index (κ1) is 18.8. The van der Waals surface area contributed by atoms with Gasteiger partial charge in [-0.15, -0.1) is 0 Å². The second kappa shape index (κ2) is 7.58. The lowest BCUT2D eigenvalue weighted by molar-refractivity contribution is -0.0498. The minimum Gasteiger partial charge on any atom is -0.435 e. The monoisotopic (exact) mass is 370 g/mol. The second-order valence-electron chi connectivity index (χ2n) is 5.21. The molecule has 0 bridgehead atoms. The lowest BCUT2D eigenvalue weighted by atomic mass is 10.1. The summed E-state index contributed by atoms with van der Waals surface area (Å²) in [5, 5.41) is 7.75. The summed E-state index contributed by atoms with van der Waals surface area (Å²) in [7, 11) is -3.78. The van der Waals surface area contributed by atoms with E-state index in [0.717, 1.165) is 0 Å². The Kier molecular flexibility index (Phi) is 5.70. The van der Waals surface area contributed by atoms with Crippen molar-refractivity contribution in [2.45, 2.75) is 24.5 Å². The van der Waals surface area contributed by atoms with E-state index < -0.39 is 28.6 Å². The highest BCUT2D eigenvalue weighted by atomic mass is 32.2. The van der Waals surface area contributed by atoms with Gasteiger partial charge in [0.2, 0.25) is 10.0 Å². The summed E-state index contributed by atoms with van der Waals surface area (Å²) in [5.41, 5.74) is 0.952. The molecular weight excluding hydrogens is 354 g/mol. The first-order valence-corrected chi connectivity index (χ1v) is 8.70. The molecule has 0 saturated heterocycles. The third kappa shape index (κ3) is 5.23. The standard InChI is InChI=1S/C16H16F2N2O4S/c1-10(11-4-8-14(9-5-11)25(19,22)23)20-15(21)12-2-6-13(7-3-12)24-16(17)18/h2-10,16H,1H3,(H,20,21)(H2,19,22,23). The number of carbonyl (C=O) groups is 1. The van der Waals surface area contributed by atoms with Crippen LogP contribution >= 0.6 is 0 Å². The summed E-state index contributed by atoms with van der Waals surface area (Å²) in [6.45, 7) is -1.21.